The highest BCUT2D eigenvalue weighted by Gasteiger charge is 2.27. The molecular weight excluding hydrogens is 226 g/mol. The third-order valence-corrected chi connectivity index (χ3v) is 3.48. The summed E-state index contributed by atoms with van der Waals surface area (Å²) in [5.74, 6) is 0.0897. The molecule has 0 heterocycles. The van der Waals surface area contributed by atoms with Gasteiger partial charge in [-0.1, -0.05) is 18.2 Å². The number of benzene rings is 1. The fourth-order valence-electron chi connectivity index (χ4n) is 1.96. The van der Waals surface area contributed by atoms with Gasteiger partial charge in [0.15, 0.2) is 0 Å². The van der Waals surface area contributed by atoms with Crippen LogP contribution in [0.2, 0.25) is 0 Å². The monoisotopic (exact) mass is 247 g/mol. The number of likely N-dealkylation sites (N-methyl/N-ethyl adjacent to an activating group) is 1. The van der Waals surface area contributed by atoms with E-state index < -0.39 is 0 Å². The van der Waals surface area contributed by atoms with Crippen LogP contribution in [0.15, 0.2) is 24.3 Å². The normalized spacial score (nSPS) is 16.2. The summed E-state index contributed by atoms with van der Waals surface area (Å²) >= 11 is 0. The van der Waals surface area contributed by atoms with Crippen molar-refractivity contribution in [2.75, 3.05) is 11.9 Å². The van der Waals surface area contributed by atoms with Crippen molar-refractivity contribution in [3.05, 3.63) is 29.8 Å². The van der Waals surface area contributed by atoms with Crippen molar-refractivity contribution < 1.29 is 4.79 Å². The maximum atomic E-state index is 12.0. The number of carbonyl (C=O) groups is 1. The average molecular weight is 247 g/mol. The SMILES string of the molecule is CC(C(=O)NC1CC1)N(C)c1ccccc1CN. The lowest BCUT2D eigenvalue weighted by Crippen LogP contribution is -2.44. The average Bonchev–Trinajstić information content (AvgIpc) is 3.20. The maximum absolute atomic E-state index is 12.0. The van der Waals surface area contributed by atoms with E-state index in [9.17, 15) is 4.79 Å². The number of rotatable bonds is 5. The van der Waals surface area contributed by atoms with Gasteiger partial charge in [-0.2, -0.15) is 0 Å². The van der Waals surface area contributed by atoms with Gasteiger partial charge in [0.25, 0.3) is 0 Å². The number of anilines is 1. The van der Waals surface area contributed by atoms with E-state index in [2.05, 4.69) is 5.32 Å². The van der Waals surface area contributed by atoms with Crippen LogP contribution in [0.4, 0.5) is 5.69 Å². The lowest BCUT2D eigenvalue weighted by Gasteiger charge is -2.28. The van der Waals surface area contributed by atoms with Crippen LogP contribution >= 0.6 is 0 Å². The second-order valence-electron chi connectivity index (χ2n) is 4.90. The molecule has 3 N–H and O–H groups in total. The van der Waals surface area contributed by atoms with E-state index in [1.807, 2.05) is 43.1 Å². The Morgan fingerprint density at radius 3 is 2.78 bits per heavy atom. The summed E-state index contributed by atoms with van der Waals surface area (Å²) in [4.78, 5) is 14.0. The molecule has 0 aliphatic heterocycles. The zero-order valence-corrected chi connectivity index (χ0v) is 11.0. The molecule has 0 saturated heterocycles. The van der Waals surface area contributed by atoms with Crippen LogP contribution in [0.1, 0.15) is 25.3 Å². The molecule has 98 valence electrons. The topological polar surface area (TPSA) is 58.4 Å². The number of nitrogens with two attached hydrogens (primary N) is 1. The van der Waals surface area contributed by atoms with Crippen molar-refractivity contribution in [3.63, 3.8) is 0 Å². The number of hydrogen-bond acceptors (Lipinski definition) is 3. The van der Waals surface area contributed by atoms with Gasteiger partial charge >= 0.3 is 0 Å². The van der Waals surface area contributed by atoms with E-state index in [0.717, 1.165) is 24.1 Å². The third kappa shape index (κ3) is 2.82. The van der Waals surface area contributed by atoms with E-state index in [-0.39, 0.29) is 11.9 Å². The highest BCUT2D eigenvalue weighted by molar-refractivity contribution is 5.85. The summed E-state index contributed by atoms with van der Waals surface area (Å²) in [6.07, 6.45) is 2.23. The van der Waals surface area contributed by atoms with Gasteiger partial charge in [-0.05, 0) is 31.4 Å². The lowest BCUT2D eigenvalue weighted by atomic mass is 10.1. The van der Waals surface area contributed by atoms with Crippen molar-refractivity contribution in [1.29, 1.82) is 0 Å². The van der Waals surface area contributed by atoms with Gasteiger partial charge in [0, 0.05) is 25.3 Å². The van der Waals surface area contributed by atoms with Crippen LogP contribution in [-0.4, -0.2) is 25.0 Å². The number of carbonyl (C=O) groups excluding carboxylic acids is 1. The van der Waals surface area contributed by atoms with E-state index >= 15 is 0 Å². The number of para-hydroxylation sites is 1. The van der Waals surface area contributed by atoms with E-state index in [0.29, 0.717) is 12.6 Å². The van der Waals surface area contributed by atoms with Crippen molar-refractivity contribution in [2.45, 2.75) is 38.4 Å². The van der Waals surface area contributed by atoms with Crippen molar-refractivity contribution in [1.82, 2.24) is 5.32 Å². The quantitative estimate of drug-likeness (QED) is 0.823. The zero-order valence-electron chi connectivity index (χ0n) is 11.0. The molecule has 1 atom stereocenters. The summed E-state index contributed by atoms with van der Waals surface area (Å²) in [6.45, 7) is 2.41. The molecule has 1 aromatic rings. The second-order valence-corrected chi connectivity index (χ2v) is 4.90. The standard InChI is InChI=1S/C14H21N3O/c1-10(14(18)16-12-7-8-12)17(2)13-6-4-3-5-11(13)9-15/h3-6,10,12H,7-9,15H2,1-2H3,(H,16,18). The summed E-state index contributed by atoms with van der Waals surface area (Å²) in [5.41, 5.74) is 7.82. The van der Waals surface area contributed by atoms with Gasteiger partial charge in [-0.15, -0.1) is 0 Å². The fourth-order valence-corrected chi connectivity index (χ4v) is 1.96. The Morgan fingerprint density at radius 1 is 1.50 bits per heavy atom. The second kappa shape index (κ2) is 5.40. The predicted molar refractivity (Wildman–Crippen MR) is 73.4 cm³/mol. The molecule has 0 spiro atoms. The van der Waals surface area contributed by atoms with E-state index in [4.69, 9.17) is 5.73 Å². The van der Waals surface area contributed by atoms with Gasteiger partial charge in [0.2, 0.25) is 5.91 Å². The molecule has 1 aliphatic carbocycles. The zero-order chi connectivity index (χ0) is 13.1. The molecule has 1 aliphatic rings. The van der Waals surface area contributed by atoms with Crippen molar-refractivity contribution >= 4 is 11.6 Å². The van der Waals surface area contributed by atoms with Crippen molar-refractivity contribution in [2.24, 2.45) is 5.73 Å². The Morgan fingerprint density at radius 2 is 2.17 bits per heavy atom. The molecule has 18 heavy (non-hydrogen) atoms. The van der Waals surface area contributed by atoms with Gasteiger partial charge in [0.1, 0.15) is 6.04 Å². The van der Waals surface area contributed by atoms with Gasteiger partial charge in [-0.25, -0.2) is 0 Å². The van der Waals surface area contributed by atoms with E-state index in [1.165, 1.54) is 0 Å². The van der Waals surface area contributed by atoms with Crippen LogP contribution in [0, 0.1) is 0 Å². The van der Waals surface area contributed by atoms with E-state index in [1.54, 1.807) is 0 Å². The van der Waals surface area contributed by atoms with Crippen LogP contribution in [-0.2, 0) is 11.3 Å². The first kappa shape index (κ1) is 12.9. The van der Waals surface area contributed by atoms with Crippen molar-refractivity contribution in [3.8, 4) is 0 Å². The van der Waals surface area contributed by atoms with Crippen LogP contribution in [0.3, 0.4) is 0 Å². The Hall–Kier alpha value is -1.55. The third-order valence-electron chi connectivity index (χ3n) is 3.48. The first-order valence-corrected chi connectivity index (χ1v) is 6.44. The minimum atomic E-state index is -0.182. The molecule has 1 saturated carbocycles. The molecule has 4 nitrogen and oxygen atoms in total. The molecule has 2 rings (SSSR count). The summed E-state index contributed by atoms with van der Waals surface area (Å²) in [7, 11) is 1.94. The molecule has 0 bridgehead atoms. The van der Waals surface area contributed by atoms with Crippen LogP contribution < -0.4 is 16.0 Å². The highest BCUT2D eigenvalue weighted by Crippen LogP contribution is 2.22. The minimum absolute atomic E-state index is 0.0897. The summed E-state index contributed by atoms with van der Waals surface area (Å²) in [5, 5.41) is 3.03. The summed E-state index contributed by atoms with van der Waals surface area (Å²) in [6, 6.07) is 8.15. The van der Waals surface area contributed by atoms with Crippen LogP contribution in [0.5, 0.6) is 0 Å². The molecule has 1 aromatic carbocycles. The fraction of sp³-hybridized carbons (Fsp3) is 0.500. The smallest absolute Gasteiger partial charge is 0.242 e. The Labute approximate surface area is 108 Å². The minimum Gasteiger partial charge on any atom is -0.363 e. The molecule has 0 radical (unpaired) electrons. The van der Waals surface area contributed by atoms with Gasteiger partial charge in [0.05, 0.1) is 0 Å². The molecule has 1 amide bonds. The molecule has 4 heteroatoms. The Bertz CT molecular complexity index is 429. The molecular formula is C14H21N3O. The Balaban J connectivity index is 2.08. The Kier molecular flexibility index (Phi) is 3.87. The predicted octanol–water partition coefficient (Wildman–Crippen LogP) is 1.25. The number of amides is 1. The number of nitrogens with one attached hydrogen (secondary N) is 1. The largest absolute Gasteiger partial charge is 0.363 e. The summed E-state index contributed by atoms with van der Waals surface area (Å²) < 4.78 is 0. The molecule has 1 unspecified atom stereocenters. The number of nitrogens with zero attached hydrogens (tertiary/aromatic N) is 1. The van der Waals surface area contributed by atoms with Gasteiger partial charge < -0.3 is 16.0 Å². The molecule has 0 aromatic heterocycles. The first-order chi connectivity index (χ1) is 8.63. The number of hydrogen-bond donors (Lipinski definition) is 2. The first-order valence-electron chi connectivity index (χ1n) is 6.44. The maximum Gasteiger partial charge on any atom is 0.242 e. The lowest BCUT2D eigenvalue weighted by molar-refractivity contribution is -0.122. The van der Waals surface area contributed by atoms with Crippen LogP contribution in [0.25, 0.3) is 0 Å². The van der Waals surface area contributed by atoms with Gasteiger partial charge in [-0.3, -0.25) is 4.79 Å². The molecule has 1 fully saturated rings. The highest BCUT2D eigenvalue weighted by atomic mass is 16.2.